The maximum absolute atomic E-state index is 12.8. The predicted octanol–water partition coefficient (Wildman–Crippen LogP) is 3.24. The molecule has 1 atom stereocenters. The Balaban J connectivity index is 1.64. The van der Waals surface area contributed by atoms with Crippen LogP contribution in [0.25, 0.3) is 0 Å². The third-order valence-corrected chi connectivity index (χ3v) is 4.53. The van der Waals surface area contributed by atoms with Gasteiger partial charge in [0.15, 0.2) is 0 Å². The molecule has 0 saturated carbocycles. The summed E-state index contributed by atoms with van der Waals surface area (Å²) in [5, 5.41) is 3.06. The van der Waals surface area contributed by atoms with Gasteiger partial charge in [-0.3, -0.25) is 4.79 Å². The largest absolute Gasteiger partial charge is 0.352 e. The molecular formula is C17H22FN3OS. The topological polar surface area (TPSA) is 46.9 Å². The number of carbonyl (C=O) groups is 1. The van der Waals surface area contributed by atoms with Gasteiger partial charge in [0.2, 0.25) is 5.91 Å². The maximum Gasteiger partial charge on any atom is 0.221 e. The van der Waals surface area contributed by atoms with E-state index in [0.29, 0.717) is 6.42 Å². The van der Waals surface area contributed by atoms with E-state index in [0.717, 1.165) is 30.0 Å². The summed E-state index contributed by atoms with van der Waals surface area (Å²) < 4.78 is 14.8. The number of benzene rings is 1. The van der Waals surface area contributed by atoms with Gasteiger partial charge < -0.3 is 9.88 Å². The SMILES string of the molecule is CCC(Cn1ccnc1)NC(=O)CCSCc1ccc(F)cc1. The zero-order valence-electron chi connectivity index (χ0n) is 13.2. The first-order valence-electron chi connectivity index (χ1n) is 7.74. The second kappa shape index (κ2) is 9.35. The Labute approximate surface area is 140 Å². The van der Waals surface area contributed by atoms with Crippen molar-refractivity contribution in [1.82, 2.24) is 14.9 Å². The predicted molar refractivity (Wildman–Crippen MR) is 91.6 cm³/mol. The second-order valence-corrected chi connectivity index (χ2v) is 6.47. The molecule has 1 amide bonds. The number of halogens is 1. The fourth-order valence-corrected chi connectivity index (χ4v) is 3.06. The van der Waals surface area contributed by atoms with Crippen LogP contribution in [0.15, 0.2) is 43.0 Å². The van der Waals surface area contributed by atoms with E-state index in [4.69, 9.17) is 0 Å². The number of hydrogen-bond acceptors (Lipinski definition) is 3. The number of rotatable bonds is 9. The Hall–Kier alpha value is -1.82. The lowest BCUT2D eigenvalue weighted by molar-refractivity contribution is -0.121. The lowest BCUT2D eigenvalue weighted by Crippen LogP contribution is -2.37. The highest BCUT2D eigenvalue weighted by Gasteiger charge is 2.10. The number of nitrogens with zero attached hydrogens (tertiary/aromatic N) is 2. The van der Waals surface area contributed by atoms with Crippen LogP contribution in [0.3, 0.4) is 0 Å². The van der Waals surface area contributed by atoms with E-state index in [1.807, 2.05) is 10.8 Å². The summed E-state index contributed by atoms with van der Waals surface area (Å²) in [7, 11) is 0. The van der Waals surface area contributed by atoms with E-state index >= 15 is 0 Å². The van der Waals surface area contributed by atoms with Crippen LogP contribution >= 0.6 is 11.8 Å². The third-order valence-electron chi connectivity index (χ3n) is 3.50. The van der Waals surface area contributed by atoms with E-state index in [2.05, 4.69) is 17.2 Å². The number of carbonyl (C=O) groups excluding carboxylic acids is 1. The van der Waals surface area contributed by atoms with Crippen molar-refractivity contribution in [3.8, 4) is 0 Å². The van der Waals surface area contributed by atoms with E-state index in [1.54, 1.807) is 36.4 Å². The highest BCUT2D eigenvalue weighted by atomic mass is 32.2. The smallest absolute Gasteiger partial charge is 0.221 e. The lowest BCUT2D eigenvalue weighted by atomic mass is 10.2. The van der Waals surface area contributed by atoms with Crippen molar-refractivity contribution < 1.29 is 9.18 Å². The van der Waals surface area contributed by atoms with Gasteiger partial charge in [-0.15, -0.1) is 0 Å². The van der Waals surface area contributed by atoms with Gasteiger partial charge in [0.05, 0.1) is 6.33 Å². The van der Waals surface area contributed by atoms with Gasteiger partial charge >= 0.3 is 0 Å². The van der Waals surface area contributed by atoms with Crippen LogP contribution in [0.5, 0.6) is 0 Å². The molecule has 6 heteroatoms. The first kappa shape index (κ1) is 17.5. The molecule has 0 saturated heterocycles. The van der Waals surface area contributed by atoms with E-state index in [9.17, 15) is 9.18 Å². The minimum Gasteiger partial charge on any atom is -0.352 e. The third kappa shape index (κ3) is 6.44. The molecule has 0 bridgehead atoms. The average molecular weight is 335 g/mol. The quantitative estimate of drug-likeness (QED) is 0.716. The Morgan fingerprint density at radius 1 is 1.39 bits per heavy atom. The van der Waals surface area contributed by atoms with Gasteiger partial charge in [-0.1, -0.05) is 19.1 Å². The number of amides is 1. The molecule has 1 heterocycles. The lowest BCUT2D eigenvalue weighted by Gasteiger charge is -2.17. The molecule has 0 aliphatic carbocycles. The van der Waals surface area contributed by atoms with E-state index in [-0.39, 0.29) is 17.8 Å². The first-order valence-corrected chi connectivity index (χ1v) is 8.90. The monoisotopic (exact) mass is 335 g/mol. The normalized spacial score (nSPS) is 12.1. The van der Waals surface area contributed by atoms with Crippen LogP contribution in [-0.4, -0.2) is 27.3 Å². The van der Waals surface area contributed by atoms with Crippen molar-refractivity contribution in [1.29, 1.82) is 0 Å². The molecule has 0 aliphatic heterocycles. The fraction of sp³-hybridized carbons (Fsp3) is 0.412. The summed E-state index contributed by atoms with van der Waals surface area (Å²) in [6.45, 7) is 2.80. The summed E-state index contributed by atoms with van der Waals surface area (Å²) in [6, 6.07) is 6.61. The molecular weight excluding hydrogens is 313 g/mol. The van der Waals surface area contributed by atoms with Gasteiger partial charge in [0, 0.05) is 42.9 Å². The molecule has 1 N–H and O–H groups in total. The van der Waals surface area contributed by atoms with E-state index in [1.165, 1.54) is 12.1 Å². The van der Waals surface area contributed by atoms with Crippen LogP contribution in [0.2, 0.25) is 0 Å². The maximum atomic E-state index is 12.8. The van der Waals surface area contributed by atoms with Crippen LogP contribution in [-0.2, 0) is 17.1 Å². The summed E-state index contributed by atoms with van der Waals surface area (Å²) in [4.78, 5) is 16.0. The fourth-order valence-electron chi connectivity index (χ4n) is 2.16. The molecule has 0 radical (unpaired) electrons. The van der Waals surface area contributed by atoms with Crippen LogP contribution < -0.4 is 5.32 Å². The molecule has 23 heavy (non-hydrogen) atoms. The van der Waals surface area contributed by atoms with Gasteiger partial charge in [-0.2, -0.15) is 11.8 Å². The van der Waals surface area contributed by atoms with E-state index < -0.39 is 0 Å². The summed E-state index contributed by atoms with van der Waals surface area (Å²) >= 11 is 1.68. The molecule has 4 nitrogen and oxygen atoms in total. The molecule has 1 aromatic carbocycles. The molecule has 2 aromatic rings. The summed E-state index contributed by atoms with van der Waals surface area (Å²) in [5.74, 6) is 1.40. The van der Waals surface area contributed by atoms with Crippen molar-refractivity contribution in [3.05, 3.63) is 54.4 Å². The van der Waals surface area contributed by atoms with Gasteiger partial charge in [0.1, 0.15) is 5.82 Å². The second-order valence-electron chi connectivity index (χ2n) is 5.36. The molecule has 0 spiro atoms. The Morgan fingerprint density at radius 2 is 2.17 bits per heavy atom. The average Bonchev–Trinajstić information content (AvgIpc) is 3.05. The van der Waals surface area contributed by atoms with Gasteiger partial charge in [-0.05, 0) is 24.1 Å². The molecule has 0 fully saturated rings. The number of imidazole rings is 1. The molecule has 2 rings (SSSR count). The zero-order valence-corrected chi connectivity index (χ0v) is 14.1. The van der Waals surface area contributed by atoms with Gasteiger partial charge in [-0.25, -0.2) is 9.37 Å². The molecule has 1 unspecified atom stereocenters. The number of thioether (sulfide) groups is 1. The molecule has 1 aromatic heterocycles. The Bertz CT molecular complexity index is 586. The van der Waals surface area contributed by atoms with Crippen molar-refractivity contribution >= 4 is 17.7 Å². The van der Waals surface area contributed by atoms with Crippen molar-refractivity contribution in [3.63, 3.8) is 0 Å². The van der Waals surface area contributed by atoms with Crippen molar-refractivity contribution in [2.75, 3.05) is 5.75 Å². The van der Waals surface area contributed by atoms with Gasteiger partial charge in [0.25, 0.3) is 0 Å². The van der Waals surface area contributed by atoms with Crippen LogP contribution in [0, 0.1) is 5.82 Å². The van der Waals surface area contributed by atoms with Crippen LogP contribution in [0.1, 0.15) is 25.3 Å². The minimum absolute atomic E-state index is 0.0728. The standard InChI is InChI=1S/C17H22FN3OS/c1-2-16(11-21-9-8-19-13-21)20-17(22)7-10-23-12-14-3-5-15(18)6-4-14/h3-6,8-9,13,16H,2,7,10-12H2,1H3,(H,20,22). The van der Waals surface area contributed by atoms with Crippen molar-refractivity contribution in [2.45, 2.75) is 38.1 Å². The Kier molecular flexibility index (Phi) is 7.13. The number of nitrogens with one attached hydrogen (secondary N) is 1. The highest BCUT2D eigenvalue weighted by Crippen LogP contribution is 2.13. The zero-order chi connectivity index (χ0) is 16.5. The Morgan fingerprint density at radius 3 is 2.83 bits per heavy atom. The number of aromatic nitrogens is 2. The summed E-state index contributed by atoms with van der Waals surface area (Å²) in [6.07, 6.45) is 6.76. The van der Waals surface area contributed by atoms with Crippen LogP contribution in [0.4, 0.5) is 4.39 Å². The first-order chi connectivity index (χ1) is 11.2. The highest BCUT2D eigenvalue weighted by molar-refractivity contribution is 7.98. The summed E-state index contributed by atoms with van der Waals surface area (Å²) in [5.41, 5.74) is 1.07. The minimum atomic E-state index is -0.221. The molecule has 0 aliphatic rings. The van der Waals surface area contributed by atoms with Crippen molar-refractivity contribution in [2.24, 2.45) is 0 Å². The molecule has 124 valence electrons. The number of hydrogen-bond donors (Lipinski definition) is 1.